The third-order valence-corrected chi connectivity index (χ3v) is 9.20. The topological polar surface area (TPSA) is 118 Å². The van der Waals surface area contributed by atoms with Crippen molar-refractivity contribution in [1.82, 2.24) is 0 Å². The Labute approximate surface area is 181 Å². The molecule has 7 nitrogen and oxygen atoms in total. The predicted octanol–water partition coefficient (Wildman–Crippen LogP) is 1.63. The number of carbonyl (C=O) groups is 2. The summed E-state index contributed by atoms with van der Waals surface area (Å²) in [6.07, 6.45) is 4.84. The molecule has 7 atom stereocenters. The Balaban J connectivity index is 1.71. The van der Waals surface area contributed by atoms with Gasteiger partial charge in [0.05, 0.1) is 12.4 Å². The van der Waals surface area contributed by atoms with E-state index in [-0.39, 0.29) is 18.6 Å². The van der Waals surface area contributed by atoms with E-state index in [0.717, 1.165) is 6.26 Å². The molecule has 3 saturated carbocycles. The SMILES string of the molecule is C[C@]12C=CC(=O)C=C1CC[C@H]1[C@H]3CC[C@](O)(C(=O)COS(C)(=O)=O)[C@@]3(C)C[C@H](O)[C@@]12F. The van der Waals surface area contributed by atoms with Gasteiger partial charge < -0.3 is 10.2 Å². The highest BCUT2D eigenvalue weighted by Gasteiger charge is 2.74. The molecule has 0 radical (unpaired) electrons. The predicted molar refractivity (Wildman–Crippen MR) is 109 cm³/mol. The van der Waals surface area contributed by atoms with Gasteiger partial charge >= 0.3 is 0 Å². The number of aliphatic hydroxyl groups is 2. The zero-order chi connectivity index (χ0) is 23.0. The first kappa shape index (κ1) is 22.8. The third-order valence-electron chi connectivity index (χ3n) is 8.66. The average molecular weight is 457 g/mol. The molecular weight excluding hydrogens is 427 g/mol. The highest BCUT2D eigenvalue weighted by Crippen LogP contribution is 2.69. The summed E-state index contributed by atoms with van der Waals surface area (Å²) in [4.78, 5) is 24.7. The number of allylic oxidation sites excluding steroid dienone is 4. The molecule has 4 rings (SSSR count). The minimum atomic E-state index is -3.87. The maximum absolute atomic E-state index is 16.9. The molecule has 0 unspecified atom stereocenters. The second-order valence-electron chi connectivity index (χ2n) is 10.1. The lowest BCUT2D eigenvalue weighted by Crippen LogP contribution is -2.69. The Morgan fingerprint density at radius 2 is 1.97 bits per heavy atom. The van der Waals surface area contributed by atoms with E-state index in [4.69, 9.17) is 0 Å². The smallest absolute Gasteiger partial charge is 0.264 e. The van der Waals surface area contributed by atoms with Gasteiger partial charge in [-0.2, -0.15) is 8.42 Å². The molecule has 0 aliphatic heterocycles. The second kappa shape index (κ2) is 6.79. The first-order valence-electron chi connectivity index (χ1n) is 10.6. The Bertz CT molecular complexity index is 1000. The van der Waals surface area contributed by atoms with Crippen molar-refractivity contribution in [1.29, 1.82) is 0 Å². The molecule has 0 heterocycles. The third kappa shape index (κ3) is 2.96. The quantitative estimate of drug-likeness (QED) is 0.618. The minimum Gasteiger partial charge on any atom is -0.390 e. The molecule has 3 fully saturated rings. The summed E-state index contributed by atoms with van der Waals surface area (Å²) in [5.74, 6) is -1.99. The standard InChI is InChI=1S/C22H29FO7S/c1-19-8-6-14(24)10-13(19)4-5-16-15-7-9-21(27,18(26)12-30-31(3,28)29)20(15,2)11-17(25)22(16,19)23/h6,8,10,15-17,25,27H,4-5,7,9,11-12H2,1-3H3/t15-,16+,17+,19+,20+,21+,22+/m1/s1. The van der Waals surface area contributed by atoms with Crippen molar-refractivity contribution in [2.75, 3.05) is 12.9 Å². The highest BCUT2D eigenvalue weighted by atomic mass is 32.2. The molecule has 0 aromatic carbocycles. The number of aliphatic hydroxyl groups excluding tert-OH is 1. The van der Waals surface area contributed by atoms with Gasteiger partial charge in [-0.1, -0.05) is 18.6 Å². The van der Waals surface area contributed by atoms with Crippen LogP contribution in [-0.4, -0.2) is 60.4 Å². The van der Waals surface area contributed by atoms with E-state index >= 15 is 4.39 Å². The number of carbonyl (C=O) groups excluding carboxylic acids is 2. The maximum atomic E-state index is 16.9. The molecule has 4 aliphatic carbocycles. The Morgan fingerprint density at radius 3 is 2.61 bits per heavy atom. The van der Waals surface area contributed by atoms with Gasteiger partial charge in [-0.25, -0.2) is 4.39 Å². The molecule has 0 bridgehead atoms. The van der Waals surface area contributed by atoms with Crippen LogP contribution in [0.25, 0.3) is 0 Å². The van der Waals surface area contributed by atoms with E-state index in [0.29, 0.717) is 24.8 Å². The van der Waals surface area contributed by atoms with Crippen LogP contribution in [0.15, 0.2) is 23.8 Å². The molecule has 0 spiro atoms. The van der Waals surface area contributed by atoms with E-state index in [1.165, 1.54) is 12.2 Å². The molecular formula is C22H29FO7S. The van der Waals surface area contributed by atoms with Crippen LogP contribution in [0.1, 0.15) is 46.0 Å². The van der Waals surface area contributed by atoms with Crippen LogP contribution in [0.2, 0.25) is 0 Å². The lowest BCUT2D eigenvalue weighted by atomic mass is 9.44. The Hall–Kier alpha value is -1.42. The summed E-state index contributed by atoms with van der Waals surface area (Å²) in [7, 11) is -3.87. The maximum Gasteiger partial charge on any atom is 0.264 e. The van der Waals surface area contributed by atoms with Gasteiger partial charge in [-0.05, 0) is 57.1 Å². The number of alkyl halides is 1. The molecule has 0 amide bonds. The fraction of sp³-hybridized carbons (Fsp3) is 0.727. The van der Waals surface area contributed by atoms with Gasteiger partial charge in [0, 0.05) is 16.7 Å². The number of rotatable bonds is 4. The number of hydrogen-bond acceptors (Lipinski definition) is 7. The van der Waals surface area contributed by atoms with E-state index in [2.05, 4.69) is 4.18 Å². The normalized spacial score (nSPS) is 46.7. The number of ketones is 2. The fourth-order valence-electron chi connectivity index (χ4n) is 6.95. The van der Waals surface area contributed by atoms with Gasteiger partial charge in [0.15, 0.2) is 17.2 Å². The summed E-state index contributed by atoms with van der Waals surface area (Å²) < 4.78 is 44.1. The molecule has 0 aromatic rings. The number of fused-ring (bicyclic) bond motifs is 5. The van der Waals surface area contributed by atoms with Crippen molar-refractivity contribution in [3.8, 4) is 0 Å². The summed E-state index contributed by atoms with van der Waals surface area (Å²) >= 11 is 0. The fourth-order valence-corrected chi connectivity index (χ4v) is 7.27. The highest BCUT2D eigenvalue weighted by molar-refractivity contribution is 7.86. The summed E-state index contributed by atoms with van der Waals surface area (Å²) in [5.41, 5.74) is -5.58. The van der Waals surface area contributed by atoms with Gasteiger partial charge in [-0.15, -0.1) is 0 Å². The summed E-state index contributed by atoms with van der Waals surface area (Å²) in [5, 5.41) is 22.6. The summed E-state index contributed by atoms with van der Waals surface area (Å²) in [6, 6.07) is 0. The molecule has 0 aromatic heterocycles. The van der Waals surface area contributed by atoms with Crippen LogP contribution in [0.5, 0.6) is 0 Å². The molecule has 0 saturated heterocycles. The molecule has 172 valence electrons. The van der Waals surface area contributed by atoms with Crippen molar-refractivity contribution >= 4 is 21.7 Å². The van der Waals surface area contributed by atoms with Crippen molar-refractivity contribution < 1.29 is 36.8 Å². The molecule has 2 N–H and O–H groups in total. The van der Waals surface area contributed by atoms with E-state index in [1.807, 2.05) is 0 Å². The lowest BCUT2D eigenvalue weighted by molar-refractivity contribution is -0.217. The molecule has 4 aliphatic rings. The van der Waals surface area contributed by atoms with E-state index < -0.39 is 62.5 Å². The number of hydrogen-bond donors (Lipinski definition) is 2. The van der Waals surface area contributed by atoms with Crippen molar-refractivity contribution in [3.05, 3.63) is 23.8 Å². The van der Waals surface area contributed by atoms with Crippen molar-refractivity contribution in [3.63, 3.8) is 0 Å². The number of halogens is 1. The van der Waals surface area contributed by atoms with Crippen LogP contribution in [0.4, 0.5) is 4.39 Å². The van der Waals surface area contributed by atoms with Crippen LogP contribution in [-0.2, 0) is 23.9 Å². The van der Waals surface area contributed by atoms with E-state index in [1.54, 1.807) is 19.9 Å². The first-order chi connectivity index (χ1) is 14.2. The van der Waals surface area contributed by atoms with Crippen molar-refractivity contribution in [2.24, 2.45) is 22.7 Å². The summed E-state index contributed by atoms with van der Waals surface area (Å²) in [6.45, 7) is 2.58. The van der Waals surface area contributed by atoms with Crippen LogP contribution >= 0.6 is 0 Å². The Kier molecular flexibility index (Phi) is 4.99. The Morgan fingerprint density at radius 1 is 1.29 bits per heavy atom. The molecule has 31 heavy (non-hydrogen) atoms. The van der Waals surface area contributed by atoms with Crippen LogP contribution < -0.4 is 0 Å². The molecule has 9 heteroatoms. The number of Topliss-reactive ketones (excluding diaryl/α,β-unsaturated/α-hetero) is 1. The average Bonchev–Trinajstić information content (AvgIpc) is 2.93. The van der Waals surface area contributed by atoms with Crippen LogP contribution in [0, 0.1) is 22.7 Å². The van der Waals surface area contributed by atoms with Gasteiger partial charge in [0.1, 0.15) is 12.2 Å². The minimum absolute atomic E-state index is 0.0488. The van der Waals surface area contributed by atoms with Gasteiger partial charge in [-0.3, -0.25) is 13.8 Å². The van der Waals surface area contributed by atoms with Gasteiger partial charge in [0.2, 0.25) is 0 Å². The van der Waals surface area contributed by atoms with Gasteiger partial charge in [0.25, 0.3) is 10.1 Å². The monoisotopic (exact) mass is 456 g/mol. The zero-order valence-corrected chi connectivity index (χ0v) is 18.7. The van der Waals surface area contributed by atoms with Crippen LogP contribution in [0.3, 0.4) is 0 Å². The zero-order valence-electron chi connectivity index (χ0n) is 17.9. The largest absolute Gasteiger partial charge is 0.390 e. The van der Waals surface area contributed by atoms with E-state index in [9.17, 15) is 28.2 Å². The van der Waals surface area contributed by atoms with Crippen molar-refractivity contribution in [2.45, 2.75) is 63.3 Å². The first-order valence-corrected chi connectivity index (χ1v) is 12.4. The second-order valence-corrected chi connectivity index (χ2v) is 11.7. The lowest BCUT2D eigenvalue weighted by Gasteiger charge is -2.62.